The van der Waals surface area contributed by atoms with E-state index in [2.05, 4.69) is 10.2 Å². The number of imide groups is 1. The van der Waals surface area contributed by atoms with Gasteiger partial charge < -0.3 is 14.4 Å². The van der Waals surface area contributed by atoms with Crippen LogP contribution in [0.4, 0.5) is 26.7 Å². The Bertz CT molecular complexity index is 1710. The van der Waals surface area contributed by atoms with E-state index in [1.807, 2.05) is 0 Å². The first kappa shape index (κ1) is 29.5. The second-order valence-electron chi connectivity index (χ2n) is 10.3. The molecule has 1 aromatic heterocycles. The molecule has 1 aliphatic carbocycles. The maximum Gasteiger partial charge on any atom is 0.413 e. The monoisotopic (exact) mass is 630 g/mol. The van der Waals surface area contributed by atoms with E-state index >= 15 is 4.39 Å². The summed E-state index contributed by atoms with van der Waals surface area (Å²) >= 11 is 0.863. The molecule has 8 nitrogen and oxygen atoms in total. The molecule has 44 heavy (non-hydrogen) atoms. The number of amides is 3. The van der Waals surface area contributed by atoms with Gasteiger partial charge in [-0.2, -0.15) is 13.2 Å². The van der Waals surface area contributed by atoms with Crippen molar-refractivity contribution in [1.29, 1.82) is 0 Å². The zero-order valence-corrected chi connectivity index (χ0v) is 23.8. The Kier molecular flexibility index (Phi) is 7.48. The van der Waals surface area contributed by atoms with Crippen LogP contribution in [0.2, 0.25) is 0 Å². The molecule has 1 spiro atoms. The predicted molar refractivity (Wildman–Crippen MR) is 148 cm³/mol. The lowest BCUT2D eigenvalue weighted by atomic mass is 10.0. The fourth-order valence-electron chi connectivity index (χ4n) is 5.18. The van der Waals surface area contributed by atoms with Gasteiger partial charge in [0.05, 0.1) is 19.2 Å². The Morgan fingerprint density at radius 1 is 0.977 bits per heavy atom. The number of alkyl halides is 3. The highest BCUT2D eigenvalue weighted by atomic mass is 32.1. The largest absolute Gasteiger partial charge is 0.497 e. The highest BCUT2D eigenvalue weighted by Gasteiger charge is 2.68. The normalized spacial score (nSPS) is 16.5. The van der Waals surface area contributed by atoms with Gasteiger partial charge in [-0.05, 0) is 48.2 Å². The van der Waals surface area contributed by atoms with Crippen molar-refractivity contribution in [2.45, 2.75) is 43.8 Å². The van der Waals surface area contributed by atoms with Gasteiger partial charge in [0.1, 0.15) is 22.9 Å². The van der Waals surface area contributed by atoms with Gasteiger partial charge in [0, 0.05) is 0 Å². The summed E-state index contributed by atoms with van der Waals surface area (Å²) in [7, 11) is 1.51. The highest BCUT2D eigenvalue weighted by molar-refractivity contribution is 7.14. The number of carbonyl (C=O) groups excluding carboxylic acids is 2. The smallest absolute Gasteiger partial charge is 0.413 e. The summed E-state index contributed by atoms with van der Waals surface area (Å²) in [5, 5.41) is 8.16. The van der Waals surface area contributed by atoms with E-state index in [4.69, 9.17) is 9.47 Å². The van der Waals surface area contributed by atoms with E-state index in [1.54, 1.807) is 24.3 Å². The summed E-state index contributed by atoms with van der Waals surface area (Å²) in [5.41, 5.74) is -1.13. The summed E-state index contributed by atoms with van der Waals surface area (Å²) in [6.07, 6.45) is -4.52. The summed E-state index contributed by atoms with van der Waals surface area (Å²) < 4.78 is 83.2. The fraction of sp³-hybridized carbons (Fsp3) is 0.267. The van der Waals surface area contributed by atoms with Crippen LogP contribution in [0.15, 0.2) is 66.7 Å². The number of hydrogen-bond acceptors (Lipinski definition) is 7. The maximum atomic E-state index is 15.4. The molecule has 2 aliphatic rings. The number of aromatic nitrogens is 2. The van der Waals surface area contributed by atoms with E-state index in [0.717, 1.165) is 28.4 Å². The number of benzene rings is 3. The third kappa shape index (κ3) is 5.23. The molecule has 1 saturated heterocycles. The lowest BCUT2D eigenvalue weighted by Crippen LogP contribution is -2.43. The SMILES string of the molecule is COc1ccc(COc2c(F)ccc(-c3nnc(CN4C(=O)N([C@@H](c5ccccc5)C(F)(F)F)C(=O)C45CC5)s3)c2F)cc1. The highest BCUT2D eigenvalue weighted by Crippen LogP contribution is 2.53. The molecule has 0 radical (unpaired) electrons. The third-order valence-corrected chi connectivity index (χ3v) is 8.50. The summed E-state index contributed by atoms with van der Waals surface area (Å²) in [6.45, 7) is -0.448. The summed E-state index contributed by atoms with van der Waals surface area (Å²) in [4.78, 5) is 28.1. The Morgan fingerprint density at radius 3 is 2.32 bits per heavy atom. The summed E-state index contributed by atoms with van der Waals surface area (Å²) in [6, 6.07) is 12.1. The van der Waals surface area contributed by atoms with Crippen molar-refractivity contribution in [2.24, 2.45) is 0 Å². The topological polar surface area (TPSA) is 84.9 Å². The average molecular weight is 631 g/mol. The Labute approximate surface area is 251 Å². The van der Waals surface area contributed by atoms with Crippen molar-refractivity contribution in [3.05, 3.63) is 94.5 Å². The molecule has 0 bridgehead atoms. The van der Waals surface area contributed by atoms with Gasteiger partial charge in [-0.15, -0.1) is 10.2 Å². The van der Waals surface area contributed by atoms with Crippen molar-refractivity contribution in [3.8, 4) is 22.1 Å². The van der Waals surface area contributed by atoms with E-state index in [9.17, 15) is 27.2 Å². The van der Waals surface area contributed by atoms with Gasteiger partial charge in [-0.25, -0.2) is 18.5 Å². The van der Waals surface area contributed by atoms with Crippen LogP contribution in [0, 0.1) is 11.6 Å². The van der Waals surface area contributed by atoms with Crippen molar-refractivity contribution in [3.63, 3.8) is 0 Å². The molecule has 1 aliphatic heterocycles. The molecule has 3 amide bonds. The van der Waals surface area contributed by atoms with E-state index in [1.165, 1.54) is 37.4 Å². The van der Waals surface area contributed by atoms with Crippen LogP contribution in [0.25, 0.3) is 10.6 Å². The first-order chi connectivity index (χ1) is 21.0. The third-order valence-electron chi connectivity index (χ3n) is 7.56. The van der Waals surface area contributed by atoms with E-state index in [-0.39, 0.29) is 52.0 Å². The Balaban J connectivity index is 1.23. The number of rotatable bonds is 9. The van der Waals surface area contributed by atoms with Crippen molar-refractivity contribution in [2.75, 3.05) is 7.11 Å². The van der Waals surface area contributed by atoms with Gasteiger partial charge in [0.15, 0.2) is 28.4 Å². The van der Waals surface area contributed by atoms with Crippen molar-refractivity contribution < 1.29 is 41.0 Å². The predicted octanol–water partition coefficient (Wildman–Crippen LogP) is 6.67. The molecule has 0 unspecified atom stereocenters. The van der Waals surface area contributed by atoms with Crippen LogP contribution < -0.4 is 9.47 Å². The zero-order chi connectivity index (χ0) is 31.2. The number of hydrogen-bond donors (Lipinski definition) is 0. The Hall–Kier alpha value is -4.59. The van der Waals surface area contributed by atoms with Gasteiger partial charge in [-0.1, -0.05) is 53.8 Å². The molecule has 3 aromatic carbocycles. The number of nitrogens with zero attached hydrogens (tertiary/aromatic N) is 4. The standard InChI is InChI=1S/C30H23F5N4O4S/c1-42-19-9-7-17(8-10-19)16-43-24-21(31)12-11-20(23(24)32)26-37-36-22(44-26)15-38-28(41)39(27(40)29(38)13-14-29)25(30(33,34)35)18-5-3-2-4-6-18/h2-12,25H,13-16H2,1H3/t25-/m0/s1. The second-order valence-corrected chi connectivity index (χ2v) is 11.4. The minimum atomic E-state index is -4.91. The number of carbonyl (C=O) groups is 2. The van der Waals surface area contributed by atoms with E-state index < -0.39 is 47.1 Å². The van der Waals surface area contributed by atoms with Crippen LogP contribution in [0.3, 0.4) is 0 Å². The van der Waals surface area contributed by atoms with Crippen LogP contribution in [-0.2, 0) is 17.9 Å². The molecule has 14 heteroatoms. The van der Waals surface area contributed by atoms with Crippen LogP contribution in [0.1, 0.15) is 35.0 Å². The van der Waals surface area contributed by atoms with Crippen LogP contribution >= 0.6 is 11.3 Å². The number of halogens is 5. The molecule has 1 saturated carbocycles. The van der Waals surface area contributed by atoms with E-state index in [0.29, 0.717) is 11.3 Å². The molecule has 228 valence electrons. The van der Waals surface area contributed by atoms with Gasteiger partial charge >= 0.3 is 12.2 Å². The molecule has 2 fully saturated rings. The molecule has 4 aromatic rings. The van der Waals surface area contributed by atoms with Crippen molar-refractivity contribution in [1.82, 2.24) is 20.0 Å². The first-order valence-corrected chi connectivity index (χ1v) is 14.2. The molecule has 1 atom stereocenters. The van der Waals surface area contributed by atoms with Crippen LogP contribution in [0.5, 0.6) is 11.5 Å². The van der Waals surface area contributed by atoms with Crippen LogP contribution in [-0.4, -0.2) is 50.8 Å². The molecule has 6 rings (SSSR count). The zero-order valence-electron chi connectivity index (χ0n) is 23.0. The number of urea groups is 1. The second kappa shape index (κ2) is 11.2. The molecular formula is C30H23F5N4O4S. The molecular weight excluding hydrogens is 607 g/mol. The molecule has 0 N–H and O–H groups in total. The minimum Gasteiger partial charge on any atom is -0.497 e. The lowest BCUT2D eigenvalue weighted by molar-refractivity contribution is -0.182. The number of methoxy groups -OCH3 is 1. The minimum absolute atomic E-state index is 0.0314. The van der Waals surface area contributed by atoms with Gasteiger partial charge in [0.25, 0.3) is 5.91 Å². The van der Waals surface area contributed by atoms with Gasteiger partial charge in [0.2, 0.25) is 0 Å². The Morgan fingerprint density at radius 2 is 1.68 bits per heavy atom. The van der Waals surface area contributed by atoms with Gasteiger partial charge in [-0.3, -0.25) is 4.79 Å². The fourth-order valence-corrected chi connectivity index (χ4v) is 6.02. The lowest BCUT2D eigenvalue weighted by Gasteiger charge is -2.28. The number of ether oxygens (including phenoxy) is 2. The van der Waals surface area contributed by atoms with Crippen molar-refractivity contribution >= 4 is 23.3 Å². The summed E-state index contributed by atoms with van der Waals surface area (Å²) in [5.74, 6) is -2.89. The molecule has 2 heterocycles. The quantitative estimate of drug-likeness (QED) is 0.152. The maximum absolute atomic E-state index is 15.4. The first-order valence-electron chi connectivity index (χ1n) is 13.4. The average Bonchev–Trinajstić information content (AvgIpc) is 3.64.